The van der Waals surface area contributed by atoms with Crippen LogP contribution in [0, 0.1) is 0 Å². The Kier molecular flexibility index (Phi) is 4.47. The minimum atomic E-state index is 0.0347. The first-order valence-corrected chi connectivity index (χ1v) is 7.51. The van der Waals surface area contributed by atoms with Crippen molar-refractivity contribution in [3.8, 4) is 0 Å². The molecule has 3 N–H and O–H groups in total. The van der Waals surface area contributed by atoms with Crippen LogP contribution in [0.5, 0.6) is 0 Å². The third-order valence-corrected chi connectivity index (χ3v) is 4.66. The zero-order chi connectivity index (χ0) is 14.0. The zero-order valence-electron chi connectivity index (χ0n) is 11.0. The monoisotopic (exact) mass is 299 g/mol. The van der Waals surface area contributed by atoms with E-state index in [4.69, 9.17) is 22.5 Å². The zero-order valence-corrected chi connectivity index (χ0v) is 12.6. The second kappa shape index (κ2) is 5.92. The lowest BCUT2D eigenvalue weighted by atomic mass is 10.1. The first-order valence-electron chi connectivity index (χ1n) is 6.19. The first-order chi connectivity index (χ1) is 9.01. The summed E-state index contributed by atoms with van der Waals surface area (Å²) in [6.07, 6.45) is 0. The van der Waals surface area contributed by atoms with Crippen LogP contribution in [0.2, 0.25) is 5.02 Å². The average Bonchev–Trinajstić information content (AvgIpc) is 2.36. The van der Waals surface area contributed by atoms with Crippen LogP contribution in [0.3, 0.4) is 0 Å². The normalized spacial score (nSPS) is 24.6. The van der Waals surface area contributed by atoms with Crippen molar-refractivity contribution in [2.45, 2.75) is 24.3 Å². The van der Waals surface area contributed by atoms with Gasteiger partial charge in [-0.15, -0.1) is 0 Å². The van der Waals surface area contributed by atoms with Crippen molar-refractivity contribution >= 4 is 34.9 Å². The largest absolute Gasteiger partial charge is 0.409 e. The van der Waals surface area contributed by atoms with Gasteiger partial charge < -0.3 is 15.8 Å². The molecule has 0 bridgehead atoms. The molecule has 19 heavy (non-hydrogen) atoms. The van der Waals surface area contributed by atoms with E-state index in [1.165, 1.54) is 0 Å². The van der Waals surface area contributed by atoms with Gasteiger partial charge in [0, 0.05) is 34.8 Å². The van der Waals surface area contributed by atoms with Gasteiger partial charge in [0.1, 0.15) is 0 Å². The number of thioether (sulfide) groups is 1. The molecule has 1 heterocycles. The van der Waals surface area contributed by atoms with E-state index in [-0.39, 0.29) is 5.84 Å². The summed E-state index contributed by atoms with van der Waals surface area (Å²) in [4.78, 5) is 2.33. The Labute approximate surface area is 122 Å². The second-order valence-corrected chi connectivity index (χ2v) is 7.10. The summed E-state index contributed by atoms with van der Waals surface area (Å²) in [7, 11) is 0. The number of nitrogens with two attached hydrogens (primary N) is 1. The molecule has 0 saturated carbocycles. The number of amidine groups is 1. The highest BCUT2D eigenvalue weighted by molar-refractivity contribution is 8.00. The Morgan fingerprint density at radius 1 is 1.42 bits per heavy atom. The highest BCUT2D eigenvalue weighted by atomic mass is 35.5. The van der Waals surface area contributed by atoms with Gasteiger partial charge in [0.05, 0.1) is 5.02 Å². The van der Waals surface area contributed by atoms with Crippen LogP contribution < -0.4 is 10.6 Å². The van der Waals surface area contributed by atoms with E-state index >= 15 is 0 Å². The van der Waals surface area contributed by atoms with Crippen molar-refractivity contribution < 1.29 is 5.21 Å². The molecule has 0 radical (unpaired) electrons. The SMILES string of the molecule is CC1CN(c2ccc(C(N)=NO)c(Cl)c2)CC(C)S1. The van der Waals surface area contributed by atoms with Gasteiger partial charge in [-0.25, -0.2) is 0 Å². The molecule has 2 rings (SSSR count). The van der Waals surface area contributed by atoms with Gasteiger partial charge in [-0.1, -0.05) is 30.6 Å². The summed E-state index contributed by atoms with van der Waals surface area (Å²) in [6, 6.07) is 5.64. The maximum absolute atomic E-state index is 8.69. The van der Waals surface area contributed by atoms with Gasteiger partial charge in [-0.05, 0) is 18.2 Å². The standard InChI is InChI=1S/C13H18ClN3OS/c1-8-6-17(7-9(2)19-8)10-3-4-11(12(14)5-10)13(15)16-18/h3-5,8-9,18H,6-7H2,1-2H3,(H2,15,16). The van der Waals surface area contributed by atoms with Crippen molar-refractivity contribution in [1.29, 1.82) is 0 Å². The summed E-state index contributed by atoms with van der Waals surface area (Å²) in [5, 5.41) is 13.4. The molecule has 4 nitrogen and oxygen atoms in total. The molecule has 2 unspecified atom stereocenters. The van der Waals surface area contributed by atoms with Crippen LogP contribution in [0.25, 0.3) is 0 Å². The first kappa shape index (κ1) is 14.3. The van der Waals surface area contributed by atoms with Crippen LogP contribution in [0.1, 0.15) is 19.4 Å². The fourth-order valence-electron chi connectivity index (χ4n) is 2.35. The summed E-state index contributed by atoms with van der Waals surface area (Å²) >= 11 is 8.20. The van der Waals surface area contributed by atoms with Crippen LogP contribution in [0.15, 0.2) is 23.4 Å². The van der Waals surface area contributed by atoms with E-state index in [9.17, 15) is 0 Å². The minimum absolute atomic E-state index is 0.0347. The molecule has 1 aliphatic heterocycles. The third-order valence-electron chi connectivity index (χ3n) is 3.12. The molecule has 0 amide bonds. The Hall–Kier alpha value is -1.07. The second-order valence-electron chi connectivity index (χ2n) is 4.81. The number of hydrogen-bond donors (Lipinski definition) is 2. The Morgan fingerprint density at radius 2 is 2.05 bits per heavy atom. The van der Waals surface area contributed by atoms with Crippen LogP contribution in [-0.2, 0) is 0 Å². The molecule has 6 heteroatoms. The lowest BCUT2D eigenvalue weighted by molar-refractivity contribution is 0.318. The van der Waals surface area contributed by atoms with Crippen LogP contribution in [0.4, 0.5) is 5.69 Å². The Balaban J connectivity index is 2.24. The fraction of sp³-hybridized carbons (Fsp3) is 0.462. The van der Waals surface area contributed by atoms with E-state index in [2.05, 4.69) is 23.9 Å². The summed E-state index contributed by atoms with van der Waals surface area (Å²) < 4.78 is 0. The van der Waals surface area contributed by atoms with Gasteiger partial charge in [-0.2, -0.15) is 11.8 Å². The highest BCUT2D eigenvalue weighted by Crippen LogP contribution is 2.30. The average molecular weight is 300 g/mol. The number of oxime groups is 1. The summed E-state index contributed by atoms with van der Waals surface area (Å²) in [5.74, 6) is 0.0347. The minimum Gasteiger partial charge on any atom is -0.409 e. The smallest absolute Gasteiger partial charge is 0.171 e. The van der Waals surface area contributed by atoms with Crippen molar-refractivity contribution in [3.05, 3.63) is 28.8 Å². The van der Waals surface area contributed by atoms with Gasteiger partial charge in [0.2, 0.25) is 0 Å². The molecule has 1 aromatic carbocycles. The maximum Gasteiger partial charge on any atom is 0.171 e. The van der Waals surface area contributed by atoms with Crippen LogP contribution >= 0.6 is 23.4 Å². The number of benzene rings is 1. The van der Waals surface area contributed by atoms with Crippen molar-refractivity contribution in [3.63, 3.8) is 0 Å². The van der Waals surface area contributed by atoms with E-state index in [0.29, 0.717) is 21.1 Å². The summed E-state index contributed by atoms with van der Waals surface area (Å²) in [6.45, 7) is 6.49. The quantitative estimate of drug-likeness (QED) is 0.381. The van der Waals surface area contributed by atoms with Crippen LogP contribution in [-0.4, -0.2) is 34.6 Å². The number of halogens is 1. The Bertz CT molecular complexity index is 485. The van der Waals surface area contributed by atoms with Crippen molar-refractivity contribution in [2.75, 3.05) is 18.0 Å². The van der Waals surface area contributed by atoms with E-state index < -0.39 is 0 Å². The highest BCUT2D eigenvalue weighted by Gasteiger charge is 2.23. The molecule has 1 aliphatic rings. The van der Waals surface area contributed by atoms with Gasteiger partial charge >= 0.3 is 0 Å². The predicted octanol–water partition coefficient (Wildman–Crippen LogP) is 2.76. The molecule has 0 spiro atoms. The van der Waals surface area contributed by atoms with E-state index in [1.54, 1.807) is 6.07 Å². The molecule has 0 aromatic heterocycles. The van der Waals surface area contributed by atoms with Crippen molar-refractivity contribution in [1.82, 2.24) is 0 Å². The number of nitrogens with zero attached hydrogens (tertiary/aromatic N) is 2. The molecular formula is C13H18ClN3OS. The molecule has 1 saturated heterocycles. The Morgan fingerprint density at radius 3 is 2.58 bits per heavy atom. The maximum atomic E-state index is 8.69. The molecule has 2 atom stereocenters. The lowest BCUT2D eigenvalue weighted by Crippen LogP contribution is -2.40. The van der Waals surface area contributed by atoms with Gasteiger partial charge in [0.15, 0.2) is 5.84 Å². The molecule has 1 aromatic rings. The molecule has 1 fully saturated rings. The van der Waals surface area contributed by atoms with E-state index in [1.807, 2.05) is 23.9 Å². The molecular weight excluding hydrogens is 282 g/mol. The lowest BCUT2D eigenvalue weighted by Gasteiger charge is -2.36. The molecule has 104 valence electrons. The van der Waals surface area contributed by atoms with Crippen molar-refractivity contribution in [2.24, 2.45) is 10.9 Å². The van der Waals surface area contributed by atoms with Gasteiger partial charge in [0.25, 0.3) is 0 Å². The number of hydrogen-bond acceptors (Lipinski definition) is 4. The number of rotatable bonds is 2. The van der Waals surface area contributed by atoms with Gasteiger partial charge in [-0.3, -0.25) is 0 Å². The molecule has 0 aliphatic carbocycles. The third kappa shape index (κ3) is 3.28. The number of anilines is 1. The summed E-state index contributed by atoms with van der Waals surface area (Å²) in [5.41, 5.74) is 7.20. The van der Waals surface area contributed by atoms with E-state index in [0.717, 1.165) is 18.8 Å². The predicted molar refractivity (Wildman–Crippen MR) is 82.7 cm³/mol. The topological polar surface area (TPSA) is 61.8 Å². The fourth-order valence-corrected chi connectivity index (χ4v) is 3.95.